The summed E-state index contributed by atoms with van der Waals surface area (Å²) in [6.07, 6.45) is 6.67. The standard InChI is InChI=1S/C7H17N3S/c1-10-6-5-8-7(10)9-11(2,3)4/h5-6H2,1-4H3,(H,8,9). The van der Waals surface area contributed by atoms with Gasteiger partial charge in [0.15, 0.2) is 0 Å². The highest BCUT2D eigenvalue weighted by atomic mass is 32.3. The molecule has 0 atom stereocenters. The number of rotatable bonds is 1. The maximum absolute atomic E-state index is 4.35. The lowest BCUT2D eigenvalue weighted by Gasteiger charge is -2.30. The number of hydrogen-bond donors (Lipinski definition) is 1. The molecule has 0 amide bonds. The summed E-state index contributed by atoms with van der Waals surface area (Å²) in [6.45, 7) is 1.99. The molecule has 0 fully saturated rings. The number of aliphatic imine (C=N–C) groups is 1. The molecule has 0 spiro atoms. The van der Waals surface area contributed by atoms with Crippen molar-refractivity contribution in [3.05, 3.63) is 0 Å². The number of nitrogens with one attached hydrogen (secondary N) is 1. The Hall–Kier alpha value is -0.380. The predicted molar refractivity (Wildman–Crippen MR) is 53.4 cm³/mol. The summed E-state index contributed by atoms with van der Waals surface area (Å²) in [5.41, 5.74) is 0. The molecule has 0 aromatic carbocycles. The Bertz CT molecular complexity index is 171. The molecule has 0 saturated carbocycles. The molecule has 0 aromatic rings. The molecule has 0 aromatic heterocycles. The zero-order valence-corrected chi connectivity index (χ0v) is 8.53. The second kappa shape index (κ2) is 2.93. The summed E-state index contributed by atoms with van der Waals surface area (Å²) in [5, 5.41) is 0. The molecule has 1 N–H and O–H groups in total. The molecule has 0 radical (unpaired) electrons. The fourth-order valence-corrected chi connectivity index (χ4v) is 1.68. The summed E-state index contributed by atoms with van der Waals surface area (Å²) in [4.78, 5) is 6.52. The van der Waals surface area contributed by atoms with E-state index in [1.165, 1.54) is 0 Å². The number of likely N-dealkylation sites (N-methyl/N-ethyl adjacent to an activating group) is 1. The van der Waals surface area contributed by atoms with E-state index in [9.17, 15) is 0 Å². The van der Waals surface area contributed by atoms with Crippen molar-refractivity contribution >= 4 is 16.2 Å². The molecule has 1 aliphatic heterocycles. The minimum atomic E-state index is -0.663. The molecule has 1 aliphatic rings. The number of guanidine groups is 1. The zero-order valence-electron chi connectivity index (χ0n) is 7.72. The highest BCUT2D eigenvalue weighted by molar-refractivity contribution is 8.30. The Morgan fingerprint density at radius 2 is 2.09 bits per heavy atom. The fourth-order valence-electron chi connectivity index (χ4n) is 0.917. The molecule has 1 heterocycles. The number of nitrogens with zero attached hydrogens (tertiary/aromatic N) is 2. The maximum Gasteiger partial charge on any atom is 0.202 e. The maximum atomic E-state index is 4.35. The van der Waals surface area contributed by atoms with E-state index in [1.807, 2.05) is 0 Å². The first-order chi connectivity index (χ1) is 4.99. The quantitative estimate of drug-likeness (QED) is 0.628. The van der Waals surface area contributed by atoms with Crippen LogP contribution in [0.4, 0.5) is 0 Å². The molecule has 0 saturated heterocycles. The van der Waals surface area contributed by atoms with Crippen LogP contribution in [0.1, 0.15) is 0 Å². The monoisotopic (exact) mass is 175 g/mol. The van der Waals surface area contributed by atoms with Crippen LogP contribution in [0.25, 0.3) is 0 Å². The van der Waals surface area contributed by atoms with Gasteiger partial charge in [0.05, 0.1) is 6.54 Å². The van der Waals surface area contributed by atoms with Crippen LogP contribution in [0.2, 0.25) is 0 Å². The summed E-state index contributed by atoms with van der Waals surface area (Å²) >= 11 is 0. The van der Waals surface area contributed by atoms with Gasteiger partial charge in [0.25, 0.3) is 0 Å². The highest BCUT2D eigenvalue weighted by Gasteiger charge is 2.15. The van der Waals surface area contributed by atoms with Gasteiger partial charge in [-0.3, -0.25) is 4.99 Å². The average Bonchev–Trinajstić information content (AvgIpc) is 2.12. The van der Waals surface area contributed by atoms with E-state index >= 15 is 0 Å². The van der Waals surface area contributed by atoms with Crippen LogP contribution in [-0.2, 0) is 0 Å². The molecule has 0 unspecified atom stereocenters. The molecule has 3 nitrogen and oxygen atoms in total. The normalized spacial score (nSPS) is 20.0. The fraction of sp³-hybridized carbons (Fsp3) is 0.857. The molecule has 1 rings (SSSR count). The molecule has 0 bridgehead atoms. The minimum absolute atomic E-state index is 0.663. The number of hydrogen-bond acceptors (Lipinski definition) is 3. The zero-order chi connectivity index (χ0) is 8.48. The second-order valence-corrected chi connectivity index (χ2v) is 7.44. The Labute approximate surface area is 70.3 Å². The van der Waals surface area contributed by atoms with Gasteiger partial charge in [0, 0.05) is 13.6 Å². The molecular formula is C7H17N3S. The lowest BCUT2D eigenvalue weighted by Crippen LogP contribution is -2.36. The summed E-state index contributed by atoms with van der Waals surface area (Å²) in [5.74, 6) is 1.06. The third kappa shape index (κ3) is 2.61. The first-order valence-corrected chi connectivity index (χ1v) is 6.56. The summed E-state index contributed by atoms with van der Waals surface area (Å²) in [6, 6.07) is 0. The summed E-state index contributed by atoms with van der Waals surface area (Å²) < 4.78 is 3.43. The highest BCUT2D eigenvalue weighted by Crippen LogP contribution is 2.29. The topological polar surface area (TPSA) is 27.6 Å². The van der Waals surface area contributed by atoms with Crippen molar-refractivity contribution in [2.75, 3.05) is 38.9 Å². The first-order valence-electron chi connectivity index (χ1n) is 3.71. The van der Waals surface area contributed by atoms with Crippen LogP contribution in [0, 0.1) is 0 Å². The van der Waals surface area contributed by atoms with E-state index in [1.54, 1.807) is 0 Å². The second-order valence-electron chi connectivity index (χ2n) is 3.57. The molecular weight excluding hydrogens is 158 g/mol. The van der Waals surface area contributed by atoms with Crippen LogP contribution in [-0.4, -0.2) is 49.8 Å². The SMILES string of the molecule is CN1CCN=C1NS(C)(C)C. The van der Waals surface area contributed by atoms with Gasteiger partial charge in [-0.25, -0.2) is 0 Å². The van der Waals surface area contributed by atoms with Crippen molar-refractivity contribution in [3.8, 4) is 0 Å². The van der Waals surface area contributed by atoms with E-state index in [0.29, 0.717) is 0 Å². The van der Waals surface area contributed by atoms with Gasteiger partial charge in [-0.2, -0.15) is 10.2 Å². The van der Waals surface area contributed by atoms with Crippen LogP contribution < -0.4 is 4.72 Å². The van der Waals surface area contributed by atoms with E-state index in [-0.39, 0.29) is 0 Å². The average molecular weight is 175 g/mol. The van der Waals surface area contributed by atoms with E-state index in [2.05, 4.69) is 40.4 Å². The minimum Gasteiger partial charge on any atom is -0.344 e. The van der Waals surface area contributed by atoms with Gasteiger partial charge < -0.3 is 9.62 Å². The third-order valence-corrected chi connectivity index (χ3v) is 2.25. The van der Waals surface area contributed by atoms with E-state index in [4.69, 9.17) is 0 Å². The molecule has 4 heteroatoms. The van der Waals surface area contributed by atoms with E-state index < -0.39 is 10.2 Å². The van der Waals surface area contributed by atoms with Crippen LogP contribution >= 0.6 is 10.2 Å². The Balaban J connectivity index is 2.49. The molecule has 0 aliphatic carbocycles. The van der Waals surface area contributed by atoms with Crippen LogP contribution in [0.15, 0.2) is 4.99 Å². The third-order valence-electron chi connectivity index (χ3n) is 1.46. The van der Waals surface area contributed by atoms with Gasteiger partial charge in [-0.15, -0.1) is 0 Å². The predicted octanol–water partition coefficient (Wildman–Crippen LogP) is 0.486. The van der Waals surface area contributed by atoms with Gasteiger partial charge in [-0.1, -0.05) is 0 Å². The van der Waals surface area contributed by atoms with Crippen molar-refractivity contribution in [3.63, 3.8) is 0 Å². The lowest BCUT2D eigenvalue weighted by atomic mass is 10.6. The largest absolute Gasteiger partial charge is 0.344 e. The first kappa shape index (κ1) is 8.71. The van der Waals surface area contributed by atoms with Crippen molar-refractivity contribution in [1.29, 1.82) is 0 Å². The van der Waals surface area contributed by atoms with Crippen molar-refractivity contribution < 1.29 is 0 Å². The van der Waals surface area contributed by atoms with Crippen LogP contribution in [0.5, 0.6) is 0 Å². The Morgan fingerprint density at radius 1 is 1.45 bits per heavy atom. The Morgan fingerprint density at radius 3 is 2.45 bits per heavy atom. The van der Waals surface area contributed by atoms with Crippen molar-refractivity contribution in [2.24, 2.45) is 4.99 Å². The van der Waals surface area contributed by atoms with Gasteiger partial charge in [0.2, 0.25) is 5.96 Å². The summed E-state index contributed by atoms with van der Waals surface area (Å²) in [7, 11) is 1.41. The molecule has 66 valence electrons. The van der Waals surface area contributed by atoms with Crippen molar-refractivity contribution in [2.45, 2.75) is 0 Å². The Kier molecular flexibility index (Phi) is 2.32. The lowest BCUT2D eigenvalue weighted by molar-refractivity contribution is 0.547. The van der Waals surface area contributed by atoms with Gasteiger partial charge in [-0.05, 0) is 18.8 Å². The van der Waals surface area contributed by atoms with Gasteiger partial charge >= 0.3 is 0 Å². The van der Waals surface area contributed by atoms with Gasteiger partial charge in [0.1, 0.15) is 0 Å². The smallest absolute Gasteiger partial charge is 0.202 e. The van der Waals surface area contributed by atoms with E-state index in [0.717, 1.165) is 19.0 Å². The van der Waals surface area contributed by atoms with Crippen molar-refractivity contribution in [1.82, 2.24) is 9.62 Å². The van der Waals surface area contributed by atoms with Crippen LogP contribution in [0.3, 0.4) is 0 Å². The molecule has 11 heavy (non-hydrogen) atoms.